The van der Waals surface area contributed by atoms with Gasteiger partial charge in [-0.1, -0.05) is 0 Å². The first kappa shape index (κ1) is 9.90. The van der Waals surface area contributed by atoms with Gasteiger partial charge in [-0.05, 0) is 6.42 Å². The van der Waals surface area contributed by atoms with Gasteiger partial charge in [0, 0.05) is 13.5 Å². The second kappa shape index (κ2) is 4.68. The van der Waals surface area contributed by atoms with Crippen LogP contribution in [0, 0.1) is 7.05 Å². The Kier molecular flexibility index (Phi) is 4.21. The molecular formula is C6H11N2O3. The van der Waals surface area contributed by atoms with E-state index in [-0.39, 0.29) is 12.8 Å². The van der Waals surface area contributed by atoms with Crippen LogP contribution in [0.3, 0.4) is 0 Å². The molecule has 63 valence electrons. The van der Waals surface area contributed by atoms with Gasteiger partial charge in [0.05, 0.1) is 0 Å². The monoisotopic (exact) mass is 159 g/mol. The minimum absolute atomic E-state index is 0.0550. The maximum atomic E-state index is 10.3. The van der Waals surface area contributed by atoms with Crippen molar-refractivity contribution in [2.24, 2.45) is 5.73 Å². The molecule has 0 aliphatic heterocycles. The number of hydrogen-bond acceptors (Lipinski definition) is 3. The Morgan fingerprint density at radius 2 is 2.18 bits per heavy atom. The fraction of sp³-hybridized carbons (Fsp3) is 0.500. The van der Waals surface area contributed by atoms with Gasteiger partial charge in [-0.3, -0.25) is 9.59 Å². The van der Waals surface area contributed by atoms with Gasteiger partial charge in [-0.2, -0.15) is 0 Å². The highest BCUT2D eigenvalue weighted by molar-refractivity contribution is 5.77. The topological polar surface area (TPSA) is 92.4 Å². The van der Waals surface area contributed by atoms with E-state index in [0.717, 1.165) is 0 Å². The summed E-state index contributed by atoms with van der Waals surface area (Å²) in [7, 11) is 3.20. The summed E-state index contributed by atoms with van der Waals surface area (Å²) >= 11 is 0. The predicted molar refractivity (Wildman–Crippen MR) is 38.3 cm³/mol. The van der Waals surface area contributed by atoms with Crippen molar-refractivity contribution in [3.05, 3.63) is 7.05 Å². The molecule has 0 aliphatic carbocycles. The number of carbonyl (C=O) groups excluding carboxylic acids is 1. The molecule has 0 fully saturated rings. The lowest BCUT2D eigenvalue weighted by molar-refractivity contribution is -0.139. The third-order valence-electron chi connectivity index (χ3n) is 1.22. The zero-order chi connectivity index (χ0) is 8.85. The quantitative estimate of drug-likeness (QED) is 0.484. The van der Waals surface area contributed by atoms with Crippen molar-refractivity contribution in [3.63, 3.8) is 0 Å². The molecule has 0 aromatic heterocycles. The average Bonchev–Trinajstić information content (AvgIpc) is 1.87. The second-order valence-electron chi connectivity index (χ2n) is 2.10. The molecule has 5 nitrogen and oxygen atoms in total. The van der Waals surface area contributed by atoms with Crippen LogP contribution in [0.15, 0.2) is 0 Å². The lowest BCUT2D eigenvalue weighted by atomic mass is 10.1. The maximum absolute atomic E-state index is 10.3. The van der Waals surface area contributed by atoms with Gasteiger partial charge in [0.15, 0.2) is 0 Å². The summed E-state index contributed by atoms with van der Waals surface area (Å²) in [5.41, 5.74) is 4.82. The van der Waals surface area contributed by atoms with Crippen LogP contribution in [0.25, 0.3) is 0 Å². The van der Waals surface area contributed by atoms with Crippen LogP contribution in [0.5, 0.6) is 0 Å². The molecular weight excluding hydrogens is 148 g/mol. The summed E-state index contributed by atoms with van der Waals surface area (Å²) in [6.07, 6.45) is 0.230. The van der Waals surface area contributed by atoms with Crippen LogP contribution in [0.4, 0.5) is 0 Å². The summed E-state index contributed by atoms with van der Waals surface area (Å²) in [5, 5.41) is 10.7. The van der Waals surface area contributed by atoms with Gasteiger partial charge in [0.25, 0.3) is 0 Å². The van der Waals surface area contributed by atoms with Gasteiger partial charge in [0.1, 0.15) is 6.04 Å². The van der Waals surface area contributed by atoms with Gasteiger partial charge < -0.3 is 16.2 Å². The summed E-state index contributed by atoms with van der Waals surface area (Å²) in [5.74, 6) is -1.53. The Bertz CT molecular complexity index is 158. The SMILES string of the molecule is [CH2]N[C@@H](CCC(N)=O)C(=O)O. The first-order valence-electron chi connectivity index (χ1n) is 3.11. The van der Waals surface area contributed by atoms with E-state index in [4.69, 9.17) is 10.8 Å². The highest BCUT2D eigenvalue weighted by Gasteiger charge is 2.14. The largest absolute Gasteiger partial charge is 0.480 e. The molecule has 0 unspecified atom stereocenters. The first-order valence-corrected chi connectivity index (χ1v) is 3.11. The molecule has 0 saturated heterocycles. The van der Waals surface area contributed by atoms with E-state index in [1.54, 1.807) is 0 Å². The van der Waals surface area contributed by atoms with Crippen LogP contribution >= 0.6 is 0 Å². The fourth-order valence-corrected chi connectivity index (χ4v) is 0.599. The van der Waals surface area contributed by atoms with Crippen LogP contribution in [0.2, 0.25) is 0 Å². The van der Waals surface area contributed by atoms with Crippen LogP contribution in [-0.2, 0) is 9.59 Å². The Hall–Kier alpha value is -1.10. The molecule has 0 saturated carbocycles. The second-order valence-corrected chi connectivity index (χ2v) is 2.10. The molecule has 1 amide bonds. The predicted octanol–water partition coefficient (Wildman–Crippen LogP) is -0.914. The lowest BCUT2D eigenvalue weighted by Crippen LogP contribution is -2.33. The third-order valence-corrected chi connectivity index (χ3v) is 1.22. The lowest BCUT2D eigenvalue weighted by Gasteiger charge is -2.08. The van der Waals surface area contributed by atoms with Crippen molar-refractivity contribution >= 4 is 11.9 Å². The smallest absolute Gasteiger partial charge is 0.320 e. The van der Waals surface area contributed by atoms with Crippen molar-refractivity contribution in [2.45, 2.75) is 18.9 Å². The van der Waals surface area contributed by atoms with Gasteiger partial charge in [0.2, 0.25) is 5.91 Å². The molecule has 0 aromatic rings. The van der Waals surface area contributed by atoms with Crippen molar-refractivity contribution < 1.29 is 14.7 Å². The normalized spacial score (nSPS) is 12.5. The molecule has 5 heteroatoms. The minimum atomic E-state index is -1.03. The van der Waals surface area contributed by atoms with Crippen molar-refractivity contribution in [2.75, 3.05) is 0 Å². The van der Waals surface area contributed by atoms with Crippen LogP contribution in [0.1, 0.15) is 12.8 Å². The number of rotatable bonds is 5. The Morgan fingerprint density at radius 1 is 1.64 bits per heavy atom. The van der Waals surface area contributed by atoms with Crippen molar-refractivity contribution in [1.82, 2.24) is 5.32 Å². The number of nitrogens with two attached hydrogens (primary N) is 1. The molecule has 0 aromatic carbocycles. The number of primary amides is 1. The summed E-state index contributed by atoms with van der Waals surface area (Å²) < 4.78 is 0. The molecule has 0 heterocycles. The van der Waals surface area contributed by atoms with E-state index in [2.05, 4.69) is 12.4 Å². The average molecular weight is 159 g/mol. The van der Waals surface area contributed by atoms with Crippen LogP contribution in [-0.4, -0.2) is 23.0 Å². The fourth-order valence-electron chi connectivity index (χ4n) is 0.599. The van der Waals surface area contributed by atoms with Gasteiger partial charge in [-0.15, -0.1) is 0 Å². The van der Waals surface area contributed by atoms with E-state index < -0.39 is 17.9 Å². The van der Waals surface area contributed by atoms with Crippen LogP contribution < -0.4 is 11.1 Å². The molecule has 4 N–H and O–H groups in total. The maximum Gasteiger partial charge on any atom is 0.320 e. The number of carboxylic acids is 1. The third kappa shape index (κ3) is 4.32. The standard InChI is InChI=1S/C6H11N2O3/c1-8-4(6(10)11)2-3-5(7)9/h4,8H,1-3H2,(H2,7,9)(H,10,11)/t4-/m0/s1. The molecule has 11 heavy (non-hydrogen) atoms. The zero-order valence-corrected chi connectivity index (χ0v) is 6.04. The van der Waals surface area contributed by atoms with E-state index in [1.807, 2.05) is 0 Å². The van der Waals surface area contributed by atoms with Gasteiger partial charge >= 0.3 is 5.97 Å². The molecule has 1 atom stereocenters. The van der Waals surface area contributed by atoms with E-state index in [9.17, 15) is 9.59 Å². The van der Waals surface area contributed by atoms with Gasteiger partial charge in [-0.25, -0.2) is 0 Å². The summed E-state index contributed by atoms with van der Waals surface area (Å²) in [6, 6.07) is -0.789. The Labute approximate surface area is 64.6 Å². The molecule has 0 spiro atoms. The highest BCUT2D eigenvalue weighted by Crippen LogP contribution is 1.95. The van der Waals surface area contributed by atoms with E-state index in [1.165, 1.54) is 0 Å². The van der Waals surface area contributed by atoms with Crippen molar-refractivity contribution in [1.29, 1.82) is 0 Å². The summed E-state index contributed by atoms with van der Waals surface area (Å²) in [4.78, 5) is 20.5. The number of carboxylic acid groups (broad SMARTS) is 1. The number of aliphatic carboxylic acids is 1. The molecule has 1 radical (unpaired) electrons. The number of hydrogen-bond donors (Lipinski definition) is 3. The van der Waals surface area contributed by atoms with Crippen molar-refractivity contribution in [3.8, 4) is 0 Å². The zero-order valence-electron chi connectivity index (χ0n) is 6.04. The van der Waals surface area contributed by atoms with E-state index >= 15 is 0 Å². The highest BCUT2D eigenvalue weighted by atomic mass is 16.4. The Morgan fingerprint density at radius 3 is 2.45 bits per heavy atom. The minimum Gasteiger partial charge on any atom is -0.480 e. The molecule has 0 aliphatic rings. The number of carbonyl (C=O) groups is 2. The summed E-state index contributed by atoms with van der Waals surface area (Å²) in [6.45, 7) is 0. The molecule has 0 rings (SSSR count). The Balaban J connectivity index is 3.70. The first-order chi connectivity index (χ1) is 5.07. The van der Waals surface area contributed by atoms with E-state index in [0.29, 0.717) is 0 Å². The number of amides is 1. The molecule has 0 bridgehead atoms. The number of nitrogens with one attached hydrogen (secondary N) is 1.